The SMILES string of the molecule is NCOc1cc(CCC(=O)C2CC(Cc3cc[nH]c3)C3CC4CC(C5(c6ccccc6)CCCC5)C(c5cc(O)c(O)c(OCc6cccc(O)c6)c54)C3C2O)ccc1O. The number of aryl methyl sites for hydroxylation is 1. The molecule has 0 aliphatic heterocycles. The number of benzene rings is 4. The topological polar surface area (TPSA) is 178 Å². The van der Waals surface area contributed by atoms with E-state index in [2.05, 4.69) is 41.4 Å². The van der Waals surface area contributed by atoms with E-state index in [4.69, 9.17) is 15.2 Å². The number of phenolic OH excluding ortho intramolecular Hbond substituents is 4. The molecule has 8 atom stereocenters. The van der Waals surface area contributed by atoms with Gasteiger partial charge in [-0.3, -0.25) is 10.5 Å². The van der Waals surface area contributed by atoms with E-state index >= 15 is 0 Å². The van der Waals surface area contributed by atoms with Crippen molar-refractivity contribution < 1.29 is 39.8 Å². The van der Waals surface area contributed by atoms with Crippen molar-refractivity contribution in [1.82, 2.24) is 4.98 Å². The molecule has 8 N–H and O–H groups in total. The molecule has 1 aromatic heterocycles. The summed E-state index contributed by atoms with van der Waals surface area (Å²) in [4.78, 5) is 17.9. The Bertz CT molecular complexity index is 2300. The van der Waals surface area contributed by atoms with Gasteiger partial charge in [-0.05, 0) is 150 Å². The van der Waals surface area contributed by atoms with Crippen LogP contribution < -0.4 is 15.2 Å². The van der Waals surface area contributed by atoms with E-state index in [1.165, 1.54) is 5.56 Å². The van der Waals surface area contributed by atoms with Crippen molar-refractivity contribution in [2.45, 2.75) is 94.2 Å². The molecule has 10 heteroatoms. The predicted octanol–water partition coefficient (Wildman–Crippen LogP) is 8.49. The Morgan fingerprint density at radius 3 is 2.40 bits per heavy atom. The molecular weight excluding hydrogens is 757 g/mol. The second-order valence-corrected chi connectivity index (χ2v) is 17.9. The average molecular weight is 813 g/mol. The van der Waals surface area contributed by atoms with Gasteiger partial charge in [-0.15, -0.1) is 0 Å². The van der Waals surface area contributed by atoms with Crippen molar-refractivity contribution in [2.75, 3.05) is 6.73 Å². The summed E-state index contributed by atoms with van der Waals surface area (Å²) in [5.41, 5.74) is 11.2. The van der Waals surface area contributed by atoms with Crippen LogP contribution in [0, 0.1) is 29.6 Å². The second-order valence-electron chi connectivity index (χ2n) is 17.9. The van der Waals surface area contributed by atoms with Gasteiger partial charge in [0.15, 0.2) is 23.0 Å². The van der Waals surface area contributed by atoms with E-state index < -0.39 is 12.0 Å². The number of aromatic hydroxyl groups is 4. The highest BCUT2D eigenvalue weighted by Gasteiger charge is 2.60. The number of aromatic nitrogens is 1. The summed E-state index contributed by atoms with van der Waals surface area (Å²) < 4.78 is 11.9. The number of H-pyrrole nitrogens is 1. The van der Waals surface area contributed by atoms with Gasteiger partial charge >= 0.3 is 0 Å². The number of nitrogens with one attached hydrogen (secondary N) is 1. The van der Waals surface area contributed by atoms with E-state index in [9.17, 15) is 30.3 Å². The average Bonchev–Trinajstić information content (AvgIpc) is 3.91. The fourth-order valence-corrected chi connectivity index (χ4v) is 12.4. The van der Waals surface area contributed by atoms with Crippen LogP contribution in [0.25, 0.3) is 0 Å². The molecule has 314 valence electrons. The smallest absolute Gasteiger partial charge is 0.200 e. The maximum atomic E-state index is 14.7. The molecule has 8 unspecified atom stereocenters. The quantitative estimate of drug-likeness (QED) is 0.0454. The van der Waals surface area contributed by atoms with Crippen LogP contribution in [-0.2, 0) is 29.7 Å². The number of hydrogen-bond donors (Lipinski definition) is 7. The van der Waals surface area contributed by atoms with Crippen molar-refractivity contribution in [3.8, 4) is 34.5 Å². The monoisotopic (exact) mass is 812 g/mol. The zero-order valence-electron chi connectivity index (χ0n) is 33.9. The Hall–Kier alpha value is -5.45. The van der Waals surface area contributed by atoms with Crippen LogP contribution in [0.4, 0.5) is 0 Å². The maximum absolute atomic E-state index is 14.7. The largest absolute Gasteiger partial charge is 0.508 e. The van der Waals surface area contributed by atoms with Crippen LogP contribution in [-0.4, -0.2) is 49.1 Å². The summed E-state index contributed by atoms with van der Waals surface area (Å²) in [6, 6.07) is 26.5. The lowest BCUT2D eigenvalue weighted by atomic mass is 9.52. The zero-order valence-corrected chi connectivity index (χ0v) is 33.9. The summed E-state index contributed by atoms with van der Waals surface area (Å²) >= 11 is 0. The van der Waals surface area contributed by atoms with Gasteiger partial charge in [-0.2, -0.15) is 0 Å². The van der Waals surface area contributed by atoms with Crippen LogP contribution in [0.1, 0.15) is 96.6 Å². The third-order valence-electron chi connectivity index (χ3n) is 14.8. The molecule has 0 radical (unpaired) electrons. The molecule has 3 saturated carbocycles. The fourth-order valence-electron chi connectivity index (χ4n) is 12.4. The summed E-state index contributed by atoms with van der Waals surface area (Å²) in [6.45, 7) is -0.00867. The molecule has 5 aliphatic carbocycles. The minimum Gasteiger partial charge on any atom is -0.508 e. The van der Waals surface area contributed by atoms with E-state index in [0.717, 1.165) is 72.8 Å². The Kier molecular flexibility index (Phi) is 11.0. The normalized spacial score (nSPS) is 26.5. The molecular formula is C50H56N2O8. The molecule has 10 nitrogen and oxygen atoms in total. The second kappa shape index (κ2) is 16.5. The van der Waals surface area contributed by atoms with Crippen molar-refractivity contribution in [2.24, 2.45) is 35.3 Å². The number of carbonyl (C=O) groups excluding carboxylic acids is 1. The Balaban J connectivity index is 1.16. The maximum Gasteiger partial charge on any atom is 0.200 e. The van der Waals surface area contributed by atoms with Gasteiger partial charge in [0.05, 0.1) is 6.10 Å². The number of carbonyl (C=O) groups is 1. The van der Waals surface area contributed by atoms with Gasteiger partial charge in [0, 0.05) is 30.3 Å². The molecule has 5 aliphatic rings. The van der Waals surface area contributed by atoms with Crippen molar-refractivity contribution in [3.05, 3.63) is 131 Å². The summed E-state index contributed by atoms with van der Waals surface area (Å²) in [5, 5.41) is 56.7. The van der Waals surface area contributed by atoms with Gasteiger partial charge in [-0.25, -0.2) is 0 Å². The standard InChI is InChI=1S/C50H56N2O8/c51-28-60-43-21-29(12-14-41(43)55)11-13-40(54)37-22-32(19-30-15-18-52-26-30)36-23-33-24-39(50(16-4-5-17-50)34-8-2-1-3-9-34)45(46(36)47(37)57)38-25-42(56)48(58)49(44(33)38)59-27-31-7-6-10-35(53)20-31/h1-3,6-10,12,14-15,18,20-21,25-26,32-33,36-37,39,45-47,52-53,55-58H,4-5,11,13,16-17,19,22-24,27-28,51H2. The third-order valence-corrected chi connectivity index (χ3v) is 14.8. The van der Waals surface area contributed by atoms with Gasteiger partial charge in [-0.1, -0.05) is 61.4 Å². The van der Waals surface area contributed by atoms with E-state index in [-0.39, 0.29) is 101 Å². The van der Waals surface area contributed by atoms with Crippen molar-refractivity contribution >= 4 is 5.78 Å². The number of fused-ring (bicyclic) bond motifs is 1. The Labute approximate surface area is 351 Å². The van der Waals surface area contributed by atoms with Crippen LogP contribution in [0.3, 0.4) is 0 Å². The number of aromatic amines is 1. The first-order valence-electron chi connectivity index (χ1n) is 21.7. The molecule has 1 heterocycles. The molecule has 0 spiro atoms. The predicted molar refractivity (Wildman–Crippen MR) is 227 cm³/mol. The molecule has 4 aromatic carbocycles. The highest BCUT2D eigenvalue weighted by atomic mass is 16.5. The number of rotatable bonds is 13. The summed E-state index contributed by atoms with van der Waals surface area (Å²) in [7, 11) is 0. The van der Waals surface area contributed by atoms with Crippen LogP contribution in [0.5, 0.6) is 34.5 Å². The van der Waals surface area contributed by atoms with Gasteiger partial charge in [0.2, 0.25) is 5.75 Å². The van der Waals surface area contributed by atoms with Crippen LogP contribution in [0.15, 0.2) is 97.3 Å². The van der Waals surface area contributed by atoms with E-state index in [0.29, 0.717) is 12.8 Å². The number of ether oxygens (including phenoxy) is 2. The number of ketones is 1. The zero-order chi connectivity index (χ0) is 41.5. The number of aliphatic hydroxyl groups excluding tert-OH is 1. The molecule has 2 bridgehead atoms. The fraction of sp³-hybridized carbons (Fsp3) is 0.420. The first kappa shape index (κ1) is 40.0. The van der Waals surface area contributed by atoms with Crippen molar-refractivity contribution in [1.29, 1.82) is 0 Å². The number of Topliss-reactive ketones (excluding diaryl/α,β-unsaturated/α-hetero) is 1. The third kappa shape index (κ3) is 7.27. The number of hydrogen-bond acceptors (Lipinski definition) is 9. The first-order valence-corrected chi connectivity index (χ1v) is 21.7. The van der Waals surface area contributed by atoms with E-state index in [1.807, 2.05) is 18.5 Å². The summed E-state index contributed by atoms with van der Waals surface area (Å²) in [5.74, 6) is -0.939. The molecule has 0 amide bonds. The first-order chi connectivity index (χ1) is 29.1. The van der Waals surface area contributed by atoms with Gasteiger partial charge in [0.25, 0.3) is 0 Å². The summed E-state index contributed by atoms with van der Waals surface area (Å²) in [6.07, 6.45) is 10.7. The highest BCUT2D eigenvalue weighted by Crippen LogP contribution is 2.68. The lowest BCUT2D eigenvalue weighted by Gasteiger charge is -2.52. The number of aliphatic hydroxyl groups is 1. The molecule has 3 fully saturated rings. The lowest BCUT2D eigenvalue weighted by molar-refractivity contribution is -0.136. The minimum atomic E-state index is -0.944. The van der Waals surface area contributed by atoms with E-state index in [1.54, 1.807) is 42.5 Å². The Morgan fingerprint density at radius 2 is 1.65 bits per heavy atom. The Morgan fingerprint density at radius 1 is 0.833 bits per heavy atom. The van der Waals surface area contributed by atoms with Gasteiger partial charge < -0.3 is 40.0 Å². The van der Waals surface area contributed by atoms with Crippen molar-refractivity contribution in [3.63, 3.8) is 0 Å². The molecule has 60 heavy (non-hydrogen) atoms. The molecule has 5 aromatic rings. The number of nitrogens with two attached hydrogens (primary N) is 1. The van der Waals surface area contributed by atoms with Crippen LogP contribution in [0.2, 0.25) is 0 Å². The number of phenols is 4. The molecule has 0 saturated heterocycles. The van der Waals surface area contributed by atoms with Gasteiger partial charge in [0.1, 0.15) is 24.9 Å². The molecule has 10 rings (SSSR count). The lowest BCUT2D eigenvalue weighted by Crippen LogP contribution is -2.51. The highest BCUT2D eigenvalue weighted by molar-refractivity contribution is 5.82. The van der Waals surface area contributed by atoms with Crippen LogP contribution >= 0.6 is 0 Å². The minimum absolute atomic E-state index is 0.00674.